The van der Waals surface area contributed by atoms with Crippen LogP contribution in [0.25, 0.3) is 0 Å². The zero-order chi connectivity index (χ0) is 17.0. The number of rotatable bonds is 6. The molecule has 1 fully saturated rings. The normalized spacial score (nSPS) is 17.0. The quantitative estimate of drug-likeness (QED) is 0.820. The van der Waals surface area contributed by atoms with Crippen molar-refractivity contribution in [3.8, 4) is 5.75 Å². The van der Waals surface area contributed by atoms with Gasteiger partial charge in [-0.2, -0.15) is 4.72 Å². The SMILES string of the molecule is COc1ccc(F)cc1S(=O)(=O)NC(C)C(=O)NC1CCCC1. The van der Waals surface area contributed by atoms with Crippen LogP contribution in [0.4, 0.5) is 4.39 Å². The van der Waals surface area contributed by atoms with Crippen molar-refractivity contribution in [2.75, 3.05) is 7.11 Å². The molecule has 0 aromatic heterocycles. The summed E-state index contributed by atoms with van der Waals surface area (Å²) in [7, 11) is -2.79. The fourth-order valence-corrected chi connectivity index (χ4v) is 3.99. The Balaban J connectivity index is 2.10. The summed E-state index contributed by atoms with van der Waals surface area (Å²) in [6.45, 7) is 1.45. The van der Waals surface area contributed by atoms with Crippen molar-refractivity contribution >= 4 is 15.9 Å². The van der Waals surface area contributed by atoms with E-state index < -0.39 is 27.8 Å². The lowest BCUT2D eigenvalue weighted by atomic mass is 10.2. The summed E-state index contributed by atoms with van der Waals surface area (Å²) in [5.74, 6) is -1.08. The Morgan fingerprint density at radius 1 is 1.35 bits per heavy atom. The van der Waals surface area contributed by atoms with Crippen LogP contribution in [-0.2, 0) is 14.8 Å². The van der Waals surface area contributed by atoms with Gasteiger partial charge in [-0.25, -0.2) is 12.8 Å². The van der Waals surface area contributed by atoms with Crippen LogP contribution in [0, 0.1) is 5.82 Å². The van der Waals surface area contributed by atoms with Crippen LogP contribution in [0.2, 0.25) is 0 Å². The van der Waals surface area contributed by atoms with Crippen LogP contribution in [-0.4, -0.2) is 33.5 Å². The highest BCUT2D eigenvalue weighted by atomic mass is 32.2. The van der Waals surface area contributed by atoms with E-state index in [0.29, 0.717) is 0 Å². The molecule has 128 valence electrons. The third-order valence-electron chi connectivity index (χ3n) is 3.84. The third-order valence-corrected chi connectivity index (χ3v) is 5.40. The minimum absolute atomic E-state index is 0.0160. The van der Waals surface area contributed by atoms with E-state index >= 15 is 0 Å². The summed E-state index contributed by atoms with van der Waals surface area (Å²) in [4.78, 5) is 11.8. The van der Waals surface area contributed by atoms with Crippen LogP contribution in [0.15, 0.2) is 23.1 Å². The first-order chi connectivity index (χ1) is 10.8. The van der Waals surface area contributed by atoms with Gasteiger partial charge < -0.3 is 10.1 Å². The highest BCUT2D eigenvalue weighted by Crippen LogP contribution is 2.24. The van der Waals surface area contributed by atoms with E-state index in [1.807, 2.05) is 0 Å². The van der Waals surface area contributed by atoms with E-state index in [1.54, 1.807) is 0 Å². The number of hydrogen-bond acceptors (Lipinski definition) is 4. The van der Waals surface area contributed by atoms with Crippen LogP contribution in [0.5, 0.6) is 5.75 Å². The Morgan fingerprint density at radius 2 is 2.00 bits per heavy atom. The lowest BCUT2D eigenvalue weighted by molar-refractivity contribution is -0.123. The van der Waals surface area contributed by atoms with Gasteiger partial charge in [-0.05, 0) is 38.0 Å². The minimum Gasteiger partial charge on any atom is -0.495 e. The molecular formula is C15H21FN2O4S. The average Bonchev–Trinajstić information content (AvgIpc) is 2.99. The molecule has 1 unspecified atom stereocenters. The number of methoxy groups -OCH3 is 1. The molecule has 0 saturated heterocycles. The maximum Gasteiger partial charge on any atom is 0.245 e. The standard InChI is InChI=1S/C15H21FN2O4S/c1-10(15(19)17-12-5-3-4-6-12)18-23(20,21)14-9-11(16)7-8-13(14)22-2/h7-10,12,18H,3-6H2,1-2H3,(H,17,19). The van der Waals surface area contributed by atoms with E-state index in [2.05, 4.69) is 10.0 Å². The first kappa shape index (κ1) is 17.7. The molecule has 1 aromatic rings. The highest BCUT2D eigenvalue weighted by Gasteiger charge is 2.27. The maximum atomic E-state index is 13.4. The average molecular weight is 344 g/mol. The van der Waals surface area contributed by atoms with E-state index in [0.717, 1.165) is 37.8 Å². The van der Waals surface area contributed by atoms with Crippen molar-refractivity contribution in [1.29, 1.82) is 0 Å². The van der Waals surface area contributed by atoms with Crippen molar-refractivity contribution in [3.05, 3.63) is 24.0 Å². The van der Waals surface area contributed by atoms with Gasteiger partial charge in [0, 0.05) is 6.04 Å². The highest BCUT2D eigenvalue weighted by molar-refractivity contribution is 7.89. The molecule has 2 rings (SSSR count). The van der Waals surface area contributed by atoms with Gasteiger partial charge in [-0.3, -0.25) is 4.79 Å². The van der Waals surface area contributed by atoms with Crippen molar-refractivity contribution < 1.29 is 22.3 Å². The molecule has 0 spiro atoms. The molecule has 2 N–H and O–H groups in total. The fourth-order valence-electron chi connectivity index (χ4n) is 2.61. The Morgan fingerprint density at radius 3 is 2.61 bits per heavy atom. The van der Waals surface area contributed by atoms with Crippen LogP contribution in [0.3, 0.4) is 0 Å². The zero-order valence-corrected chi connectivity index (χ0v) is 14.0. The molecular weight excluding hydrogens is 323 g/mol. The molecule has 6 nitrogen and oxygen atoms in total. The van der Waals surface area contributed by atoms with Crippen molar-refractivity contribution in [1.82, 2.24) is 10.0 Å². The Bertz CT molecular complexity index is 672. The summed E-state index contributed by atoms with van der Waals surface area (Å²) in [6.07, 6.45) is 3.93. The minimum atomic E-state index is -4.08. The van der Waals surface area contributed by atoms with Gasteiger partial charge in [0.05, 0.1) is 13.2 Å². The number of sulfonamides is 1. The van der Waals surface area contributed by atoms with Crippen molar-refractivity contribution in [2.24, 2.45) is 0 Å². The molecule has 1 atom stereocenters. The molecule has 0 heterocycles. The number of hydrogen-bond donors (Lipinski definition) is 2. The lowest BCUT2D eigenvalue weighted by Crippen LogP contribution is -2.47. The van der Waals surface area contributed by atoms with Gasteiger partial charge in [0.15, 0.2) is 0 Å². The Hall–Kier alpha value is -1.67. The largest absolute Gasteiger partial charge is 0.495 e. The molecule has 0 aliphatic heterocycles. The van der Waals surface area contributed by atoms with Crippen LogP contribution in [0.1, 0.15) is 32.6 Å². The first-order valence-corrected chi connectivity index (χ1v) is 8.98. The number of carbonyl (C=O) groups excluding carboxylic acids is 1. The zero-order valence-electron chi connectivity index (χ0n) is 13.1. The monoisotopic (exact) mass is 344 g/mol. The number of benzene rings is 1. The lowest BCUT2D eigenvalue weighted by Gasteiger charge is -2.18. The van der Waals surface area contributed by atoms with Gasteiger partial charge in [0.2, 0.25) is 15.9 Å². The maximum absolute atomic E-state index is 13.4. The molecule has 0 radical (unpaired) electrons. The molecule has 1 aliphatic carbocycles. The first-order valence-electron chi connectivity index (χ1n) is 7.49. The molecule has 0 bridgehead atoms. The summed E-state index contributed by atoms with van der Waals surface area (Å²) in [6, 6.07) is 2.33. The van der Waals surface area contributed by atoms with Crippen molar-refractivity contribution in [2.45, 2.75) is 49.6 Å². The topological polar surface area (TPSA) is 84.5 Å². The molecule has 1 aromatic carbocycles. The number of ether oxygens (including phenoxy) is 1. The smallest absolute Gasteiger partial charge is 0.245 e. The number of halogens is 1. The third kappa shape index (κ3) is 4.42. The number of carbonyl (C=O) groups is 1. The number of amides is 1. The second kappa shape index (κ2) is 7.27. The number of nitrogens with one attached hydrogen (secondary N) is 2. The van der Waals surface area contributed by atoms with Gasteiger partial charge in [0.25, 0.3) is 0 Å². The van der Waals surface area contributed by atoms with Gasteiger partial charge in [-0.15, -0.1) is 0 Å². The summed E-state index contributed by atoms with van der Waals surface area (Å²) in [5, 5.41) is 2.82. The summed E-state index contributed by atoms with van der Waals surface area (Å²) < 4.78 is 45.3. The molecule has 23 heavy (non-hydrogen) atoms. The summed E-state index contributed by atoms with van der Waals surface area (Å²) >= 11 is 0. The van der Waals surface area contributed by atoms with Crippen molar-refractivity contribution in [3.63, 3.8) is 0 Å². The van der Waals surface area contributed by atoms with E-state index in [9.17, 15) is 17.6 Å². The van der Waals surface area contributed by atoms with E-state index in [4.69, 9.17) is 4.74 Å². The second-order valence-corrected chi connectivity index (χ2v) is 7.31. The van der Waals surface area contributed by atoms with Gasteiger partial charge in [-0.1, -0.05) is 12.8 Å². The van der Waals surface area contributed by atoms with Gasteiger partial charge in [0.1, 0.15) is 16.5 Å². The van der Waals surface area contributed by atoms with Crippen LogP contribution >= 0.6 is 0 Å². The molecule has 8 heteroatoms. The molecule has 1 amide bonds. The predicted molar refractivity (Wildman–Crippen MR) is 83.1 cm³/mol. The Kier molecular flexibility index (Phi) is 5.59. The second-order valence-electron chi connectivity index (χ2n) is 5.63. The fraction of sp³-hybridized carbons (Fsp3) is 0.533. The predicted octanol–water partition coefficient (Wildman–Crippen LogP) is 1.56. The van der Waals surface area contributed by atoms with E-state index in [1.165, 1.54) is 20.1 Å². The van der Waals surface area contributed by atoms with Crippen LogP contribution < -0.4 is 14.8 Å². The Labute approximate surface area is 135 Å². The molecule has 1 saturated carbocycles. The van der Waals surface area contributed by atoms with E-state index in [-0.39, 0.29) is 16.7 Å². The van der Waals surface area contributed by atoms with Gasteiger partial charge >= 0.3 is 0 Å². The summed E-state index contributed by atoms with van der Waals surface area (Å²) in [5.41, 5.74) is 0. The molecule has 1 aliphatic rings.